The Morgan fingerprint density at radius 2 is 2.00 bits per heavy atom. The average Bonchev–Trinajstić information content (AvgIpc) is 2.02. The van der Waals surface area contributed by atoms with Crippen molar-refractivity contribution in [3.05, 3.63) is 0 Å². The second kappa shape index (κ2) is 6.34. The highest BCUT2D eigenvalue weighted by Crippen LogP contribution is 2.13. The minimum absolute atomic E-state index is 0.116. The van der Waals surface area contributed by atoms with E-state index in [4.69, 9.17) is 0 Å². The fourth-order valence-electron chi connectivity index (χ4n) is 0.593. The third-order valence-electron chi connectivity index (χ3n) is 1.24. The van der Waals surface area contributed by atoms with E-state index in [1.165, 1.54) is 6.92 Å². The van der Waals surface area contributed by atoms with Gasteiger partial charge in [-0.3, -0.25) is 4.79 Å². The van der Waals surface area contributed by atoms with Gasteiger partial charge in [0.1, 0.15) is 12.8 Å². The largest absolute Gasteiger partial charge is 0.288 e. The van der Waals surface area contributed by atoms with E-state index in [1.54, 1.807) is 0 Å². The maximum absolute atomic E-state index is 12.5. The molecule has 0 rings (SSSR count). The molecule has 0 aliphatic heterocycles. The van der Waals surface area contributed by atoms with Crippen molar-refractivity contribution >= 4 is 16.9 Å². The first kappa shape index (κ1) is 11.8. The predicted octanol–water partition coefficient (Wildman–Crippen LogP) is 2.30. The van der Waals surface area contributed by atoms with Crippen LogP contribution in [-0.2, 0) is 4.79 Å². The Morgan fingerprint density at radius 1 is 1.42 bits per heavy atom. The van der Waals surface area contributed by atoms with Crippen molar-refractivity contribution in [2.75, 3.05) is 12.4 Å². The summed E-state index contributed by atoms with van der Waals surface area (Å²) in [5.41, 5.74) is 0. The molecule has 72 valence electrons. The first-order valence-corrected chi connectivity index (χ1v) is 4.54. The molecular formula is C7H11F3OS. The van der Waals surface area contributed by atoms with Gasteiger partial charge in [0.25, 0.3) is 0 Å². The summed E-state index contributed by atoms with van der Waals surface area (Å²) < 4.78 is 36.2. The zero-order chi connectivity index (χ0) is 9.56. The zero-order valence-electron chi connectivity index (χ0n) is 6.73. The minimum atomic E-state index is -2.04. The van der Waals surface area contributed by atoms with E-state index in [2.05, 4.69) is 0 Å². The molecule has 0 aromatic rings. The Kier molecular flexibility index (Phi) is 6.24. The molecule has 2 atom stereocenters. The molecule has 12 heavy (non-hydrogen) atoms. The fourth-order valence-corrected chi connectivity index (χ4v) is 1.22. The van der Waals surface area contributed by atoms with Crippen molar-refractivity contribution in [3.8, 4) is 0 Å². The van der Waals surface area contributed by atoms with Crippen LogP contribution in [0.25, 0.3) is 0 Å². The van der Waals surface area contributed by atoms with Crippen molar-refractivity contribution in [2.24, 2.45) is 0 Å². The zero-order valence-corrected chi connectivity index (χ0v) is 7.54. The first-order valence-electron chi connectivity index (χ1n) is 3.55. The highest BCUT2D eigenvalue weighted by atomic mass is 32.2. The Balaban J connectivity index is 3.43. The third kappa shape index (κ3) is 5.46. The molecular weight excluding hydrogens is 189 g/mol. The molecule has 0 radical (unpaired) electrons. The molecule has 0 bridgehead atoms. The number of hydrogen-bond donors (Lipinski definition) is 0. The van der Waals surface area contributed by atoms with Gasteiger partial charge in [-0.2, -0.15) is 0 Å². The van der Waals surface area contributed by atoms with Gasteiger partial charge in [0.05, 0.1) is 0 Å². The predicted molar refractivity (Wildman–Crippen MR) is 43.5 cm³/mol. The Bertz CT molecular complexity index is 143. The number of rotatable bonds is 5. The van der Waals surface area contributed by atoms with Crippen LogP contribution in [0.15, 0.2) is 0 Å². The van der Waals surface area contributed by atoms with Crippen LogP contribution in [0.2, 0.25) is 0 Å². The minimum Gasteiger partial charge on any atom is -0.288 e. The van der Waals surface area contributed by atoms with E-state index in [1.807, 2.05) is 0 Å². The van der Waals surface area contributed by atoms with Crippen LogP contribution in [0.1, 0.15) is 13.3 Å². The highest BCUT2D eigenvalue weighted by molar-refractivity contribution is 8.13. The molecule has 0 saturated heterocycles. The van der Waals surface area contributed by atoms with Crippen LogP contribution < -0.4 is 0 Å². The lowest BCUT2D eigenvalue weighted by atomic mass is 10.2. The number of hydrogen-bond acceptors (Lipinski definition) is 2. The Morgan fingerprint density at radius 3 is 2.42 bits per heavy atom. The number of carbonyl (C=O) groups is 1. The smallest absolute Gasteiger partial charge is 0.185 e. The van der Waals surface area contributed by atoms with Crippen LogP contribution in [-0.4, -0.2) is 29.9 Å². The standard InChI is InChI=1S/C7H11F3OS/c1-5(11)12-3-2-6(9)7(10)4-8/h6-7H,2-4H2,1H3. The quantitative estimate of drug-likeness (QED) is 0.677. The molecule has 0 fully saturated rings. The van der Waals surface area contributed by atoms with E-state index in [0.717, 1.165) is 11.8 Å². The fraction of sp³-hybridized carbons (Fsp3) is 0.857. The van der Waals surface area contributed by atoms with Gasteiger partial charge < -0.3 is 0 Å². The lowest BCUT2D eigenvalue weighted by Crippen LogP contribution is -2.20. The summed E-state index contributed by atoms with van der Waals surface area (Å²) in [6.45, 7) is 0.0475. The summed E-state index contributed by atoms with van der Waals surface area (Å²) in [4.78, 5) is 10.3. The molecule has 0 aliphatic carbocycles. The molecule has 0 saturated carbocycles. The summed E-state index contributed by atoms with van der Waals surface area (Å²) >= 11 is 0.919. The number of alkyl halides is 3. The molecule has 2 unspecified atom stereocenters. The third-order valence-corrected chi connectivity index (χ3v) is 2.09. The van der Waals surface area contributed by atoms with E-state index >= 15 is 0 Å². The van der Waals surface area contributed by atoms with Gasteiger partial charge in [-0.25, -0.2) is 13.2 Å². The van der Waals surface area contributed by atoms with Crippen LogP contribution in [0, 0.1) is 0 Å². The molecule has 1 nitrogen and oxygen atoms in total. The van der Waals surface area contributed by atoms with Crippen molar-refractivity contribution in [3.63, 3.8) is 0 Å². The number of thioether (sulfide) groups is 1. The number of halogens is 3. The van der Waals surface area contributed by atoms with Crippen molar-refractivity contribution in [1.29, 1.82) is 0 Å². The summed E-state index contributed by atoms with van der Waals surface area (Å²) in [6.07, 6.45) is -3.95. The monoisotopic (exact) mass is 200 g/mol. The van der Waals surface area contributed by atoms with Crippen LogP contribution in [0.3, 0.4) is 0 Å². The van der Waals surface area contributed by atoms with Gasteiger partial charge >= 0.3 is 0 Å². The summed E-state index contributed by atoms with van der Waals surface area (Å²) in [5, 5.41) is -0.141. The molecule has 5 heteroatoms. The second-order valence-corrected chi connectivity index (χ2v) is 3.59. The first-order chi connectivity index (χ1) is 5.57. The van der Waals surface area contributed by atoms with Crippen LogP contribution in [0.5, 0.6) is 0 Å². The second-order valence-electron chi connectivity index (χ2n) is 2.32. The summed E-state index contributed by atoms with van der Waals surface area (Å²) in [5.74, 6) is 0.205. The van der Waals surface area contributed by atoms with Gasteiger partial charge in [-0.05, 0) is 6.42 Å². The Labute approximate surface area is 73.7 Å². The van der Waals surface area contributed by atoms with Gasteiger partial charge in [0.2, 0.25) is 0 Å². The van der Waals surface area contributed by atoms with E-state index < -0.39 is 19.0 Å². The summed E-state index contributed by atoms with van der Waals surface area (Å²) in [6, 6.07) is 0. The molecule has 0 N–H and O–H groups in total. The highest BCUT2D eigenvalue weighted by Gasteiger charge is 2.19. The van der Waals surface area contributed by atoms with Crippen molar-refractivity contribution in [2.45, 2.75) is 25.7 Å². The maximum Gasteiger partial charge on any atom is 0.185 e. The summed E-state index contributed by atoms with van der Waals surface area (Å²) in [7, 11) is 0. The van der Waals surface area contributed by atoms with Gasteiger partial charge in [-0.1, -0.05) is 11.8 Å². The van der Waals surface area contributed by atoms with E-state index in [-0.39, 0.29) is 17.3 Å². The van der Waals surface area contributed by atoms with E-state index in [0.29, 0.717) is 0 Å². The molecule has 0 amide bonds. The molecule has 0 aliphatic rings. The molecule has 0 heterocycles. The van der Waals surface area contributed by atoms with Gasteiger partial charge in [-0.15, -0.1) is 0 Å². The van der Waals surface area contributed by atoms with Crippen molar-refractivity contribution in [1.82, 2.24) is 0 Å². The number of carbonyl (C=O) groups excluding carboxylic acids is 1. The average molecular weight is 200 g/mol. The SMILES string of the molecule is CC(=O)SCCC(F)C(F)CF. The Hall–Kier alpha value is -0.190. The molecule has 0 aromatic carbocycles. The maximum atomic E-state index is 12.5. The molecule has 0 aromatic heterocycles. The van der Waals surface area contributed by atoms with Crippen LogP contribution >= 0.6 is 11.8 Å². The molecule has 0 spiro atoms. The van der Waals surface area contributed by atoms with E-state index in [9.17, 15) is 18.0 Å². The lowest BCUT2D eigenvalue weighted by Gasteiger charge is -2.08. The van der Waals surface area contributed by atoms with Crippen molar-refractivity contribution < 1.29 is 18.0 Å². The van der Waals surface area contributed by atoms with Gasteiger partial charge in [0, 0.05) is 12.7 Å². The van der Waals surface area contributed by atoms with Crippen LogP contribution in [0.4, 0.5) is 13.2 Å². The lowest BCUT2D eigenvalue weighted by molar-refractivity contribution is -0.109. The van der Waals surface area contributed by atoms with Gasteiger partial charge in [0.15, 0.2) is 11.3 Å². The topological polar surface area (TPSA) is 17.1 Å². The normalized spacial score (nSPS) is 15.7.